The second-order valence-corrected chi connectivity index (χ2v) is 6.98. The van der Waals surface area contributed by atoms with E-state index in [-0.39, 0.29) is 5.56 Å². The molecule has 122 valence electrons. The molecular weight excluding hydrogens is 326 g/mol. The van der Waals surface area contributed by atoms with E-state index in [0.29, 0.717) is 21.6 Å². The Morgan fingerprint density at radius 1 is 1.33 bits per heavy atom. The molecule has 1 aliphatic carbocycles. The fraction of sp³-hybridized carbons (Fsp3) is 0.294. The lowest BCUT2D eigenvalue weighted by Gasteiger charge is -2.16. The smallest absolute Gasteiger partial charge is 0.326 e. The first-order valence-electron chi connectivity index (χ1n) is 7.78. The number of aliphatic carboxylic acids is 1. The minimum absolute atomic E-state index is 0.263. The molecule has 6 nitrogen and oxygen atoms in total. The summed E-state index contributed by atoms with van der Waals surface area (Å²) in [6.07, 6.45) is 6.08. The highest BCUT2D eigenvalue weighted by molar-refractivity contribution is 7.18. The summed E-state index contributed by atoms with van der Waals surface area (Å²) in [5, 5.41) is 10.0. The average molecular weight is 341 g/mol. The standard InChI is InChI=1S/C17H15N3O3S/c1-9(17(22)23)20-14(10-5-7-18-8-6-10)19-15-13(16(20)21)11-3-2-4-12(11)24-15/h5-9H,2-4H2,1H3,(H,22,23). The van der Waals surface area contributed by atoms with Crippen molar-refractivity contribution < 1.29 is 9.90 Å². The van der Waals surface area contributed by atoms with Crippen molar-refractivity contribution in [1.29, 1.82) is 0 Å². The molecule has 0 saturated heterocycles. The molecule has 0 amide bonds. The van der Waals surface area contributed by atoms with Crippen LogP contribution >= 0.6 is 11.3 Å². The van der Waals surface area contributed by atoms with E-state index in [9.17, 15) is 14.7 Å². The van der Waals surface area contributed by atoms with E-state index in [0.717, 1.165) is 24.8 Å². The van der Waals surface area contributed by atoms with E-state index in [1.54, 1.807) is 35.9 Å². The van der Waals surface area contributed by atoms with Crippen LogP contribution in [0.1, 0.15) is 29.8 Å². The van der Waals surface area contributed by atoms with E-state index >= 15 is 0 Å². The van der Waals surface area contributed by atoms with Crippen LogP contribution in [0.25, 0.3) is 21.6 Å². The molecule has 1 aliphatic rings. The Labute approximate surface area is 141 Å². The zero-order valence-corrected chi connectivity index (χ0v) is 13.8. The van der Waals surface area contributed by atoms with Crippen LogP contribution in [0.4, 0.5) is 0 Å². The lowest BCUT2D eigenvalue weighted by molar-refractivity contribution is -0.140. The summed E-state index contributed by atoms with van der Waals surface area (Å²) in [4.78, 5) is 35.2. The maximum atomic E-state index is 13.1. The van der Waals surface area contributed by atoms with Crippen LogP contribution in [0.2, 0.25) is 0 Å². The Balaban J connectivity index is 2.09. The molecule has 0 aromatic carbocycles. The van der Waals surface area contributed by atoms with Gasteiger partial charge in [-0.3, -0.25) is 14.3 Å². The maximum absolute atomic E-state index is 13.1. The molecule has 24 heavy (non-hydrogen) atoms. The number of fused-ring (bicyclic) bond motifs is 3. The summed E-state index contributed by atoms with van der Waals surface area (Å²) in [7, 11) is 0. The summed E-state index contributed by atoms with van der Waals surface area (Å²) in [5.41, 5.74) is 1.48. The number of carboxylic acids is 1. The third-order valence-corrected chi connectivity index (χ3v) is 5.64. The lowest BCUT2D eigenvalue weighted by atomic mass is 10.1. The number of carboxylic acid groups (broad SMARTS) is 1. The summed E-state index contributed by atoms with van der Waals surface area (Å²) in [6.45, 7) is 1.51. The molecule has 0 saturated carbocycles. The molecule has 0 radical (unpaired) electrons. The van der Waals surface area contributed by atoms with E-state index in [1.165, 1.54) is 16.4 Å². The van der Waals surface area contributed by atoms with Crippen LogP contribution in [0.5, 0.6) is 0 Å². The number of carbonyl (C=O) groups is 1. The van der Waals surface area contributed by atoms with E-state index in [4.69, 9.17) is 0 Å². The molecule has 0 spiro atoms. The molecular formula is C17H15N3O3S. The number of nitrogens with zero attached hydrogens (tertiary/aromatic N) is 3. The van der Waals surface area contributed by atoms with Crippen LogP contribution in [0, 0.1) is 0 Å². The van der Waals surface area contributed by atoms with Gasteiger partial charge in [0.05, 0.1) is 5.39 Å². The monoisotopic (exact) mass is 341 g/mol. The first-order chi connectivity index (χ1) is 11.6. The number of thiophene rings is 1. The predicted octanol–water partition coefficient (Wildman–Crippen LogP) is 2.65. The SMILES string of the molecule is CC(C(=O)O)n1c(-c2ccncc2)nc2sc3c(c2c1=O)CCC3. The molecule has 1 N–H and O–H groups in total. The molecule has 0 bridgehead atoms. The fourth-order valence-corrected chi connectivity index (χ4v) is 4.48. The molecule has 1 unspecified atom stereocenters. The van der Waals surface area contributed by atoms with Gasteiger partial charge < -0.3 is 5.11 Å². The molecule has 1 atom stereocenters. The number of aryl methyl sites for hydroxylation is 2. The van der Waals surface area contributed by atoms with Gasteiger partial charge in [0, 0.05) is 22.8 Å². The van der Waals surface area contributed by atoms with Gasteiger partial charge in [-0.25, -0.2) is 9.78 Å². The van der Waals surface area contributed by atoms with Gasteiger partial charge in [-0.2, -0.15) is 0 Å². The van der Waals surface area contributed by atoms with Gasteiger partial charge in [0.2, 0.25) is 0 Å². The van der Waals surface area contributed by atoms with Crippen molar-refractivity contribution in [3.63, 3.8) is 0 Å². The fourth-order valence-electron chi connectivity index (χ4n) is 3.23. The van der Waals surface area contributed by atoms with Gasteiger partial charge in [-0.1, -0.05) is 0 Å². The molecule has 7 heteroatoms. The summed E-state index contributed by atoms with van der Waals surface area (Å²) >= 11 is 1.55. The highest BCUT2D eigenvalue weighted by Crippen LogP contribution is 2.36. The highest BCUT2D eigenvalue weighted by atomic mass is 32.1. The van der Waals surface area contributed by atoms with Gasteiger partial charge >= 0.3 is 5.97 Å². The molecule has 3 heterocycles. The lowest BCUT2D eigenvalue weighted by Crippen LogP contribution is -2.30. The van der Waals surface area contributed by atoms with E-state index in [1.807, 2.05) is 0 Å². The van der Waals surface area contributed by atoms with Crippen molar-refractivity contribution in [2.45, 2.75) is 32.2 Å². The number of hydrogen-bond acceptors (Lipinski definition) is 5. The van der Waals surface area contributed by atoms with Crippen LogP contribution < -0.4 is 5.56 Å². The summed E-state index contributed by atoms with van der Waals surface area (Å²) in [6, 6.07) is 2.48. The first-order valence-corrected chi connectivity index (χ1v) is 8.59. The Morgan fingerprint density at radius 2 is 2.08 bits per heavy atom. The van der Waals surface area contributed by atoms with Crippen molar-refractivity contribution in [3.05, 3.63) is 45.3 Å². The van der Waals surface area contributed by atoms with Crippen molar-refractivity contribution in [3.8, 4) is 11.4 Å². The second kappa shape index (κ2) is 5.52. The third kappa shape index (κ3) is 2.16. The first kappa shape index (κ1) is 15.0. The van der Waals surface area contributed by atoms with Crippen molar-refractivity contribution in [1.82, 2.24) is 14.5 Å². The van der Waals surface area contributed by atoms with Crippen LogP contribution in [-0.4, -0.2) is 25.6 Å². The summed E-state index contributed by atoms with van der Waals surface area (Å²) < 4.78 is 1.30. The highest BCUT2D eigenvalue weighted by Gasteiger charge is 2.27. The zero-order chi connectivity index (χ0) is 16.8. The normalized spacial score (nSPS) is 14.7. The van der Waals surface area contributed by atoms with Crippen molar-refractivity contribution in [2.75, 3.05) is 0 Å². The molecule has 3 aromatic heterocycles. The third-order valence-electron chi connectivity index (χ3n) is 4.45. The number of pyridine rings is 1. The van der Waals surface area contributed by atoms with Crippen LogP contribution in [0.3, 0.4) is 0 Å². The summed E-state index contributed by atoms with van der Waals surface area (Å²) in [5.74, 6) is -0.676. The Bertz CT molecular complexity index is 1010. The molecule has 0 aliphatic heterocycles. The van der Waals surface area contributed by atoms with Gasteiger partial charge in [-0.15, -0.1) is 11.3 Å². The minimum atomic E-state index is -1.06. The average Bonchev–Trinajstić information content (AvgIpc) is 3.15. The Morgan fingerprint density at radius 3 is 2.79 bits per heavy atom. The van der Waals surface area contributed by atoms with Gasteiger partial charge in [0.1, 0.15) is 16.7 Å². The predicted molar refractivity (Wildman–Crippen MR) is 91.5 cm³/mol. The quantitative estimate of drug-likeness (QED) is 0.791. The Kier molecular flexibility index (Phi) is 3.45. The second-order valence-electron chi connectivity index (χ2n) is 5.90. The molecule has 3 aromatic rings. The molecule has 4 rings (SSSR count). The number of rotatable bonds is 3. The van der Waals surface area contributed by atoms with Gasteiger partial charge in [-0.05, 0) is 43.9 Å². The van der Waals surface area contributed by atoms with E-state index in [2.05, 4.69) is 9.97 Å². The number of hydrogen-bond donors (Lipinski definition) is 1. The van der Waals surface area contributed by atoms with Crippen molar-refractivity contribution >= 4 is 27.5 Å². The minimum Gasteiger partial charge on any atom is -0.480 e. The van der Waals surface area contributed by atoms with Gasteiger partial charge in [0.25, 0.3) is 5.56 Å². The van der Waals surface area contributed by atoms with Crippen LogP contribution in [-0.2, 0) is 17.6 Å². The molecule has 0 fully saturated rings. The van der Waals surface area contributed by atoms with Crippen LogP contribution in [0.15, 0.2) is 29.3 Å². The maximum Gasteiger partial charge on any atom is 0.326 e. The Hall–Kier alpha value is -2.54. The van der Waals surface area contributed by atoms with E-state index < -0.39 is 12.0 Å². The zero-order valence-electron chi connectivity index (χ0n) is 13.0. The van der Waals surface area contributed by atoms with Gasteiger partial charge in [0.15, 0.2) is 0 Å². The topological polar surface area (TPSA) is 85.1 Å². The van der Waals surface area contributed by atoms with Crippen molar-refractivity contribution in [2.24, 2.45) is 0 Å². The largest absolute Gasteiger partial charge is 0.480 e. The number of aromatic nitrogens is 3.